The monoisotopic (exact) mass is 438 g/mol. The van der Waals surface area contributed by atoms with Gasteiger partial charge in [-0.3, -0.25) is 14.6 Å². The lowest BCUT2D eigenvalue weighted by atomic mass is 9.93. The molecule has 2 heterocycles. The molecule has 32 heavy (non-hydrogen) atoms. The quantitative estimate of drug-likeness (QED) is 0.522. The summed E-state index contributed by atoms with van der Waals surface area (Å²) in [6.07, 6.45) is 9.49. The predicted octanol–water partition coefficient (Wildman–Crippen LogP) is 3.02. The van der Waals surface area contributed by atoms with E-state index in [1.54, 1.807) is 4.57 Å². The van der Waals surface area contributed by atoms with Crippen molar-refractivity contribution in [3.63, 3.8) is 0 Å². The van der Waals surface area contributed by atoms with Gasteiger partial charge in [0.05, 0.1) is 18.8 Å². The largest absolute Gasteiger partial charge is 0.494 e. The first-order chi connectivity index (χ1) is 15.6. The highest BCUT2D eigenvalue weighted by atomic mass is 16.5. The maximum absolute atomic E-state index is 12.9. The van der Waals surface area contributed by atoms with Crippen LogP contribution in [-0.4, -0.2) is 39.6 Å². The number of aromatic nitrogens is 2. The molecule has 1 N–H and O–H groups in total. The number of H-pyrrole nitrogens is 1. The van der Waals surface area contributed by atoms with Crippen molar-refractivity contribution in [1.29, 1.82) is 0 Å². The van der Waals surface area contributed by atoms with Crippen LogP contribution in [0.3, 0.4) is 0 Å². The van der Waals surface area contributed by atoms with Crippen LogP contribution in [0.5, 0.6) is 5.75 Å². The third-order valence-electron chi connectivity index (χ3n) is 6.57. The molecule has 1 fully saturated rings. The van der Waals surface area contributed by atoms with Gasteiger partial charge < -0.3 is 14.2 Å². The fraction of sp³-hybridized carbons (Fsp3) is 0.560. The van der Waals surface area contributed by atoms with Gasteiger partial charge in [0.25, 0.3) is 5.56 Å². The van der Waals surface area contributed by atoms with Gasteiger partial charge in [0.1, 0.15) is 11.1 Å². The van der Waals surface area contributed by atoms with Gasteiger partial charge in [0.15, 0.2) is 0 Å². The third-order valence-corrected chi connectivity index (χ3v) is 6.57. The zero-order valence-corrected chi connectivity index (χ0v) is 19.1. The molecule has 0 atom stereocenters. The average Bonchev–Trinajstić information content (AvgIpc) is 3.08. The van der Waals surface area contributed by atoms with Crippen LogP contribution in [-0.2, 0) is 11.3 Å². The summed E-state index contributed by atoms with van der Waals surface area (Å²) in [5.74, 6) is 1.03. The number of nitrogens with one attached hydrogen (secondary N) is 1. The Morgan fingerprint density at radius 1 is 1.28 bits per heavy atom. The Hall–Kier alpha value is -2.83. The van der Waals surface area contributed by atoms with Crippen molar-refractivity contribution in [2.24, 2.45) is 4.99 Å². The summed E-state index contributed by atoms with van der Waals surface area (Å²) >= 11 is 0. The maximum Gasteiger partial charge on any atom is 0.274 e. The molecule has 4 rings (SSSR count). The number of amides is 1. The molecule has 7 heteroatoms. The van der Waals surface area contributed by atoms with Gasteiger partial charge >= 0.3 is 0 Å². The molecule has 172 valence electrons. The molecule has 0 radical (unpaired) electrons. The smallest absolute Gasteiger partial charge is 0.274 e. The number of ether oxygens (including phenoxy) is 1. The first kappa shape index (κ1) is 22.4. The zero-order valence-electron chi connectivity index (χ0n) is 19.1. The van der Waals surface area contributed by atoms with Crippen molar-refractivity contribution < 1.29 is 9.53 Å². The lowest BCUT2D eigenvalue weighted by Gasteiger charge is -2.34. The minimum absolute atomic E-state index is 0.209. The highest BCUT2D eigenvalue weighted by Crippen LogP contribution is 2.27. The molecule has 0 unspecified atom stereocenters. The van der Waals surface area contributed by atoms with E-state index >= 15 is 0 Å². The van der Waals surface area contributed by atoms with Gasteiger partial charge in [-0.15, -0.1) is 0 Å². The summed E-state index contributed by atoms with van der Waals surface area (Å²) in [6.45, 7) is 7.92. The van der Waals surface area contributed by atoms with E-state index < -0.39 is 0 Å². The Kier molecular flexibility index (Phi) is 7.12. The number of unbranched alkanes of at least 4 members (excludes halogenated alkanes) is 1. The summed E-state index contributed by atoms with van der Waals surface area (Å²) in [4.78, 5) is 34.1. The number of hydrogen-bond acceptors (Lipinski definition) is 4. The lowest BCUT2D eigenvalue weighted by molar-refractivity contribution is -0.134. The van der Waals surface area contributed by atoms with Gasteiger partial charge in [0.2, 0.25) is 11.5 Å². The van der Waals surface area contributed by atoms with Gasteiger partial charge in [0, 0.05) is 24.6 Å². The second-order valence-electron chi connectivity index (χ2n) is 8.90. The minimum Gasteiger partial charge on any atom is -0.494 e. The van der Waals surface area contributed by atoms with Crippen LogP contribution in [0.2, 0.25) is 0 Å². The molecule has 1 saturated carbocycles. The lowest BCUT2D eigenvalue weighted by Crippen LogP contribution is -2.42. The van der Waals surface area contributed by atoms with Crippen LogP contribution >= 0.6 is 0 Å². The third kappa shape index (κ3) is 4.97. The zero-order chi connectivity index (χ0) is 22.5. The molecule has 1 aliphatic heterocycles. The summed E-state index contributed by atoms with van der Waals surface area (Å²) in [5, 5.41) is 0.407. The topological polar surface area (TPSA) is 79.7 Å². The fourth-order valence-corrected chi connectivity index (χ4v) is 4.71. The van der Waals surface area contributed by atoms with E-state index in [0.29, 0.717) is 43.0 Å². The second kappa shape index (κ2) is 10.2. The van der Waals surface area contributed by atoms with Crippen molar-refractivity contribution in [1.82, 2.24) is 14.5 Å². The first-order valence-electron chi connectivity index (χ1n) is 12.0. The number of nitrogens with zero attached hydrogens (tertiary/aromatic N) is 3. The summed E-state index contributed by atoms with van der Waals surface area (Å²) in [5.41, 5.74) is 2.14. The normalized spacial score (nSPS) is 15.5. The number of carbonyl (C=O) groups is 1. The summed E-state index contributed by atoms with van der Waals surface area (Å²) in [6, 6.07) is 6.18. The predicted molar refractivity (Wildman–Crippen MR) is 125 cm³/mol. The first-order valence-corrected chi connectivity index (χ1v) is 12.0. The average molecular weight is 439 g/mol. The van der Waals surface area contributed by atoms with Gasteiger partial charge in [-0.2, -0.15) is 0 Å². The molecular formula is C25H34N4O3. The van der Waals surface area contributed by atoms with Gasteiger partial charge in [-0.1, -0.05) is 39.2 Å². The van der Waals surface area contributed by atoms with E-state index in [2.05, 4.69) is 28.4 Å². The van der Waals surface area contributed by atoms with Crippen LogP contribution in [0.4, 0.5) is 5.69 Å². The molecular weight excluding hydrogens is 404 g/mol. The summed E-state index contributed by atoms with van der Waals surface area (Å²) < 4.78 is 7.73. The number of fused-ring (bicyclic) bond motifs is 2. The van der Waals surface area contributed by atoms with Crippen molar-refractivity contribution >= 4 is 18.2 Å². The highest BCUT2D eigenvalue weighted by Gasteiger charge is 2.24. The van der Waals surface area contributed by atoms with E-state index in [1.165, 1.54) is 19.3 Å². The van der Waals surface area contributed by atoms with Crippen molar-refractivity contribution in [3.8, 4) is 5.75 Å². The molecule has 7 nitrogen and oxygen atoms in total. The van der Waals surface area contributed by atoms with Crippen molar-refractivity contribution in [2.45, 2.75) is 77.3 Å². The Labute approximate surface area is 188 Å². The molecule has 1 aromatic heterocycles. The molecule has 2 aliphatic rings. The van der Waals surface area contributed by atoms with Crippen molar-refractivity contribution in [2.75, 3.05) is 13.2 Å². The Morgan fingerprint density at radius 3 is 2.88 bits per heavy atom. The SMILES string of the molecule is C=c1c(=O)[nH]c2n1Cc1cc(OCCCC(=O)N(CCCC)C3CCCCC3)ccc1N=2. The van der Waals surface area contributed by atoms with Crippen LogP contribution in [0.15, 0.2) is 28.0 Å². The Bertz CT molecular complexity index is 1110. The van der Waals surface area contributed by atoms with Gasteiger partial charge in [-0.25, -0.2) is 4.99 Å². The number of imidazole rings is 1. The Morgan fingerprint density at radius 2 is 2.09 bits per heavy atom. The molecule has 0 bridgehead atoms. The van der Waals surface area contributed by atoms with Crippen molar-refractivity contribution in [3.05, 3.63) is 45.1 Å². The molecule has 0 spiro atoms. The molecule has 1 aromatic carbocycles. The van der Waals surface area contributed by atoms with Crippen LogP contribution < -0.4 is 21.3 Å². The minimum atomic E-state index is -0.209. The van der Waals surface area contributed by atoms with E-state index in [1.807, 2.05) is 18.2 Å². The Balaban J connectivity index is 1.31. The van der Waals surface area contributed by atoms with Crippen LogP contribution in [0, 0.1) is 0 Å². The van der Waals surface area contributed by atoms with E-state index in [-0.39, 0.29) is 11.5 Å². The molecule has 0 saturated heterocycles. The molecule has 2 aromatic rings. The highest BCUT2D eigenvalue weighted by molar-refractivity contribution is 5.76. The molecule has 1 aliphatic carbocycles. The van der Waals surface area contributed by atoms with Gasteiger partial charge in [-0.05, 0) is 43.9 Å². The van der Waals surface area contributed by atoms with E-state index in [4.69, 9.17) is 4.74 Å². The van der Waals surface area contributed by atoms with Crippen LogP contribution in [0.1, 0.15) is 70.3 Å². The van der Waals surface area contributed by atoms with E-state index in [9.17, 15) is 9.59 Å². The number of hydrogen-bond donors (Lipinski definition) is 1. The second-order valence-corrected chi connectivity index (χ2v) is 8.90. The summed E-state index contributed by atoms with van der Waals surface area (Å²) in [7, 11) is 0. The van der Waals surface area contributed by atoms with E-state index in [0.717, 1.165) is 49.2 Å². The number of benzene rings is 1. The molecule has 1 amide bonds. The maximum atomic E-state index is 12.9. The fourth-order valence-electron chi connectivity index (χ4n) is 4.71. The number of aromatic amines is 1. The number of rotatable bonds is 9. The van der Waals surface area contributed by atoms with Crippen LogP contribution in [0.25, 0.3) is 6.58 Å². The number of carbonyl (C=O) groups excluding carboxylic acids is 1. The standard InChI is InChI=1S/C25H34N4O3/c1-3-4-14-28(20-9-6-5-7-10-20)23(30)11-8-15-32-21-12-13-22-19(16-21)17-29-18(2)24(31)27-25(29)26-22/h12-13,16,20H,2-11,14-15,17H2,1H3,(H,26,27,31).